The molecule has 2 rings (SSSR count). The lowest BCUT2D eigenvalue weighted by Crippen LogP contribution is -2.41. The van der Waals surface area contributed by atoms with Gasteiger partial charge in [-0.2, -0.15) is 4.31 Å². The molecule has 1 aromatic rings. The van der Waals surface area contributed by atoms with Gasteiger partial charge in [0.25, 0.3) is 0 Å². The molecule has 0 aliphatic carbocycles. The molecule has 0 amide bonds. The Labute approximate surface area is 120 Å². The van der Waals surface area contributed by atoms with E-state index in [-0.39, 0.29) is 11.5 Å². The Kier molecular flexibility index (Phi) is 4.94. The number of hydrogen-bond acceptors (Lipinski definition) is 3. The number of rotatable bonds is 6. The van der Waals surface area contributed by atoms with Gasteiger partial charge in [0.1, 0.15) is 0 Å². The van der Waals surface area contributed by atoms with Crippen molar-refractivity contribution >= 4 is 15.8 Å². The molecule has 0 bridgehead atoms. The molecule has 1 aromatic carbocycles. The number of Topliss-reactive ketones (excluding diaryl/α,β-unsaturated/α-hetero) is 1. The number of unbranched alkanes of at least 4 members (excludes halogenated alkanes) is 1. The predicted octanol–water partition coefficient (Wildman–Crippen LogP) is 2.46. The topological polar surface area (TPSA) is 54.5 Å². The summed E-state index contributed by atoms with van der Waals surface area (Å²) < 4.78 is 26.0. The number of carbonyl (C=O) groups excluding carboxylic acids is 1. The third kappa shape index (κ3) is 3.27. The SMILES string of the molecule is CCCCS(=O)(=O)N1CCCC1C(=O)c1ccccc1. The molecule has 20 heavy (non-hydrogen) atoms. The Morgan fingerprint density at radius 1 is 1.30 bits per heavy atom. The molecule has 5 heteroatoms. The van der Waals surface area contributed by atoms with Crippen molar-refractivity contribution in [1.29, 1.82) is 0 Å². The van der Waals surface area contributed by atoms with E-state index in [0.717, 1.165) is 12.8 Å². The van der Waals surface area contributed by atoms with Gasteiger partial charge in [-0.25, -0.2) is 8.42 Å². The van der Waals surface area contributed by atoms with Crippen molar-refractivity contribution in [3.63, 3.8) is 0 Å². The second-order valence-electron chi connectivity index (χ2n) is 5.17. The van der Waals surface area contributed by atoms with Crippen molar-refractivity contribution in [2.24, 2.45) is 0 Å². The van der Waals surface area contributed by atoms with E-state index in [1.165, 1.54) is 4.31 Å². The molecule has 1 saturated heterocycles. The molecule has 4 nitrogen and oxygen atoms in total. The average molecular weight is 295 g/mol. The summed E-state index contributed by atoms with van der Waals surface area (Å²) in [6, 6.07) is 8.44. The Hall–Kier alpha value is -1.20. The molecule has 0 N–H and O–H groups in total. The van der Waals surface area contributed by atoms with Crippen LogP contribution in [0.5, 0.6) is 0 Å². The maximum Gasteiger partial charge on any atom is 0.214 e. The number of ketones is 1. The molecule has 1 aliphatic rings. The fourth-order valence-corrected chi connectivity index (χ4v) is 4.46. The lowest BCUT2D eigenvalue weighted by molar-refractivity contribution is 0.0918. The maximum atomic E-state index is 12.5. The number of carbonyl (C=O) groups is 1. The quantitative estimate of drug-likeness (QED) is 0.758. The summed E-state index contributed by atoms with van der Waals surface area (Å²) in [6.45, 7) is 2.43. The number of sulfonamides is 1. The van der Waals surface area contributed by atoms with E-state index in [9.17, 15) is 13.2 Å². The standard InChI is InChI=1S/C15H21NO3S/c1-2-3-12-20(18,19)16-11-7-10-14(16)15(17)13-8-5-4-6-9-13/h4-6,8-9,14H,2-3,7,10-12H2,1H3. The monoisotopic (exact) mass is 295 g/mol. The van der Waals surface area contributed by atoms with E-state index < -0.39 is 16.1 Å². The molecule has 0 aromatic heterocycles. The molecule has 1 heterocycles. The van der Waals surface area contributed by atoms with E-state index in [0.29, 0.717) is 24.9 Å². The number of benzene rings is 1. The summed E-state index contributed by atoms with van der Waals surface area (Å²) in [5.41, 5.74) is 0.593. The van der Waals surface area contributed by atoms with E-state index in [4.69, 9.17) is 0 Å². The first-order valence-corrected chi connectivity index (χ1v) is 8.76. The zero-order valence-electron chi connectivity index (χ0n) is 11.8. The van der Waals surface area contributed by atoms with Crippen LogP contribution in [0.1, 0.15) is 43.0 Å². The molecule has 110 valence electrons. The van der Waals surface area contributed by atoms with Crippen molar-refractivity contribution in [3.05, 3.63) is 35.9 Å². The minimum atomic E-state index is -3.31. The predicted molar refractivity (Wildman–Crippen MR) is 79.2 cm³/mol. The second kappa shape index (κ2) is 6.50. The molecule has 0 radical (unpaired) electrons. The largest absolute Gasteiger partial charge is 0.292 e. The van der Waals surface area contributed by atoms with Crippen molar-refractivity contribution < 1.29 is 13.2 Å². The average Bonchev–Trinajstić information content (AvgIpc) is 2.95. The Morgan fingerprint density at radius 3 is 2.65 bits per heavy atom. The Balaban J connectivity index is 2.17. The van der Waals surface area contributed by atoms with E-state index in [1.807, 2.05) is 13.0 Å². The highest BCUT2D eigenvalue weighted by Gasteiger charge is 2.38. The molecule has 0 spiro atoms. The lowest BCUT2D eigenvalue weighted by atomic mass is 10.0. The van der Waals surface area contributed by atoms with Crippen LogP contribution in [0.3, 0.4) is 0 Å². The zero-order chi connectivity index (χ0) is 14.6. The molecule has 0 saturated carbocycles. The Bertz CT molecular complexity index is 554. The summed E-state index contributed by atoms with van der Waals surface area (Å²) >= 11 is 0. The van der Waals surface area contributed by atoms with Gasteiger partial charge in [0.2, 0.25) is 10.0 Å². The normalized spacial score (nSPS) is 20.1. The fourth-order valence-electron chi connectivity index (χ4n) is 2.57. The van der Waals surface area contributed by atoms with Crippen molar-refractivity contribution in [2.45, 2.75) is 38.6 Å². The number of nitrogens with zero attached hydrogens (tertiary/aromatic N) is 1. The summed E-state index contributed by atoms with van der Waals surface area (Å²) in [6.07, 6.45) is 2.86. The van der Waals surface area contributed by atoms with Gasteiger partial charge in [-0.05, 0) is 19.3 Å². The van der Waals surface area contributed by atoms with Crippen molar-refractivity contribution in [1.82, 2.24) is 4.31 Å². The van der Waals surface area contributed by atoms with Crippen LogP contribution in [0.25, 0.3) is 0 Å². The summed E-state index contributed by atoms with van der Waals surface area (Å²) in [5, 5.41) is 0. The summed E-state index contributed by atoms with van der Waals surface area (Å²) in [4.78, 5) is 12.5. The van der Waals surface area contributed by atoms with Gasteiger partial charge in [-0.1, -0.05) is 43.7 Å². The molecule has 1 aliphatic heterocycles. The zero-order valence-corrected chi connectivity index (χ0v) is 12.6. The summed E-state index contributed by atoms with van der Waals surface area (Å²) in [5.74, 6) is 0.0605. The minimum absolute atomic E-state index is 0.0804. The van der Waals surface area contributed by atoms with E-state index in [1.54, 1.807) is 24.3 Å². The van der Waals surface area contributed by atoms with Crippen LogP contribution in [0.2, 0.25) is 0 Å². The van der Waals surface area contributed by atoms with Crippen LogP contribution in [0, 0.1) is 0 Å². The Morgan fingerprint density at radius 2 is 2.00 bits per heavy atom. The van der Waals surface area contributed by atoms with Crippen molar-refractivity contribution in [3.8, 4) is 0 Å². The first kappa shape index (κ1) is 15.2. The molecule has 1 unspecified atom stereocenters. The molecular formula is C15H21NO3S. The van der Waals surface area contributed by atoms with Gasteiger partial charge in [0.15, 0.2) is 5.78 Å². The van der Waals surface area contributed by atoms with Crippen LogP contribution >= 0.6 is 0 Å². The van der Waals surface area contributed by atoms with Crippen LogP contribution in [-0.4, -0.2) is 36.8 Å². The molecular weight excluding hydrogens is 274 g/mol. The first-order valence-electron chi connectivity index (χ1n) is 7.15. The second-order valence-corrected chi connectivity index (χ2v) is 7.21. The highest BCUT2D eigenvalue weighted by Crippen LogP contribution is 2.25. The van der Waals surface area contributed by atoms with Gasteiger partial charge in [-0.15, -0.1) is 0 Å². The maximum absolute atomic E-state index is 12.5. The van der Waals surface area contributed by atoms with Gasteiger partial charge in [0, 0.05) is 12.1 Å². The van der Waals surface area contributed by atoms with Gasteiger partial charge >= 0.3 is 0 Å². The van der Waals surface area contributed by atoms with Crippen LogP contribution in [0.4, 0.5) is 0 Å². The van der Waals surface area contributed by atoms with Gasteiger partial charge in [-0.3, -0.25) is 4.79 Å². The molecule has 1 atom stereocenters. The lowest BCUT2D eigenvalue weighted by Gasteiger charge is -2.23. The summed E-state index contributed by atoms with van der Waals surface area (Å²) in [7, 11) is -3.31. The van der Waals surface area contributed by atoms with Crippen molar-refractivity contribution in [2.75, 3.05) is 12.3 Å². The minimum Gasteiger partial charge on any atom is -0.292 e. The van der Waals surface area contributed by atoms with Gasteiger partial charge < -0.3 is 0 Å². The smallest absolute Gasteiger partial charge is 0.214 e. The highest BCUT2D eigenvalue weighted by molar-refractivity contribution is 7.89. The third-order valence-corrected chi connectivity index (χ3v) is 5.63. The van der Waals surface area contributed by atoms with E-state index in [2.05, 4.69) is 0 Å². The molecule has 1 fully saturated rings. The first-order chi connectivity index (χ1) is 9.56. The fraction of sp³-hybridized carbons (Fsp3) is 0.533. The van der Waals surface area contributed by atoms with Crippen LogP contribution < -0.4 is 0 Å². The number of hydrogen-bond donors (Lipinski definition) is 0. The van der Waals surface area contributed by atoms with Crippen LogP contribution in [0.15, 0.2) is 30.3 Å². The van der Waals surface area contributed by atoms with E-state index >= 15 is 0 Å². The van der Waals surface area contributed by atoms with Crippen LogP contribution in [-0.2, 0) is 10.0 Å². The highest BCUT2D eigenvalue weighted by atomic mass is 32.2. The van der Waals surface area contributed by atoms with Gasteiger partial charge in [0.05, 0.1) is 11.8 Å². The third-order valence-electron chi connectivity index (χ3n) is 3.68.